The molecule has 1 aromatic carbocycles. The van der Waals surface area contributed by atoms with Gasteiger partial charge in [-0.05, 0) is 37.6 Å². The Kier molecular flexibility index (Phi) is 7.14. The highest BCUT2D eigenvalue weighted by Crippen LogP contribution is 2.15. The highest BCUT2D eigenvalue weighted by atomic mass is 16.5. The van der Waals surface area contributed by atoms with Gasteiger partial charge < -0.3 is 15.0 Å². The first-order valence-corrected chi connectivity index (χ1v) is 8.64. The van der Waals surface area contributed by atoms with E-state index in [4.69, 9.17) is 4.74 Å². The Morgan fingerprint density at radius 2 is 2.00 bits per heavy atom. The first kappa shape index (κ1) is 19.4. The Balaban J connectivity index is 1.89. The van der Waals surface area contributed by atoms with Gasteiger partial charge in [-0.3, -0.25) is 14.6 Å². The number of aromatic nitrogens is 1. The average Bonchev–Trinajstić information content (AvgIpc) is 2.66. The van der Waals surface area contributed by atoms with Gasteiger partial charge in [0.25, 0.3) is 0 Å². The molecule has 1 unspecified atom stereocenters. The normalized spacial score (nSPS) is 11.5. The third-order valence-corrected chi connectivity index (χ3v) is 3.99. The first-order chi connectivity index (χ1) is 12.5. The molecule has 0 saturated carbocycles. The maximum atomic E-state index is 12.2. The monoisotopic (exact) mass is 355 g/mol. The van der Waals surface area contributed by atoms with Gasteiger partial charge in [0.1, 0.15) is 18.4 Å². The molecular weight excluding hydrogens is 330 g/mol. The topological polar surface area (TPSA) is 71.5 Å². The molecule has 0 spiro atoms. The summed E-state index contributed by atoms with van der Waals surface area (Å²) in [6.45, 7) is 4.61. The molecule has 2 amide bonds. The lowest BCUT2D eigenvalue weighted by atomic mass is 10.1. The fraction of sp³-hybridized carbons (Fsp3) is 0.350. The number of rotatable bonds is 8. The van der Waals surface area contributed by atoms with E-state index in [9.17, 15) is 9.59 Å². The zero-order chi connectivity index (χ0) is 18.9. The van der Waals surface area contributed by atoms with Crippen LogP contribution in [-0.2, 0) is 22.6 Å². The molecule has 1 atom stereocenters. The molecule has 0 radical (unpaired) electrons. The van der Waals surface area contributed by atoms with E-state index in [-0.39, 0.29) is 18.2 Å². The average molecular weight is 355 g/mol. The van der Waals surface area contributed by atoms with Crippen molar-refractivity contribution in [2.75, 3.05) is 13.6 Å². The van der Waals surface area contributed by atoms with E-state index in [0.29, 0.717) is 18.9 Å². The quantitative estimate of drug-likeness (QED) is 0.788. The molecule has 0 aliphatic rings. The number of likely N-dealkylation sites (N-methyl/N-ethyl adjacent to an activating group) is 1. The van der Waals surface area contributed by atoms with Gasteiger partial charge in [-0.2, -0.15) is 0 Å². The summed E-state index contributed by atoms with van der Waals surface area (Å²) in [4.78, 5) is 29.9. The van der Waals surface area contributed by atoms with Crippen molar-refractivity contribution >= 4 is 11.8 Å². The number of amides is 2. The van der Waals surface area contributed by atoms with Gasteiger partial charge >= 0.3 is 0 Å². The zero-order valence-corrected chi connectivity index (χ0v) is 15.4. The second kappa shape index (κ2) is 9.56. The van der Waals surface area contributed by atoms with Gasteiger partial charge in [0.2, 0.25) is 11.8 Å². The van der Waals surface area contributed by atoms with Crippen LogP contribution in [0.15, 0.2) is 48.8 Å². The Morgan fingerprint density at radius 3 is 2.69 bits per heavy atom. The van der Waals surface area contributed by atoms with E-state index < -0.39 is 6.04 Å². The second-order valence-electron chi connectivity index (χ2n) is 6.12. The van der Waals surface area contributed by atoms with Crippen molar-refractivity contribution in [2.24, 2.45) is 0 Å². The van der Waals surface area contributed by atoms with Crippen LogP contribution in [0.4, 0.5) is 0 Å². The molecule has 0 fully saturated rings. The fourth-order valence-corrected chi connectivity index (χ4v) is 2.42. The van der Waals surface area contributed by atoms with Crippen molar-refractivity contribution in [3.8, 4) is 5.75 Å². The number of carbonyl (C=O) groups excluding carboxylic acids is 2. The Bertz CT molecular complexity index is 734. The van der Waals surface area contributed by atoms with Crippen LogP contribution in [-0.4, -0.2) is 41.3 Å². The lowest BCUT2D eigenvalue weighted by Gasteiger charge is -2.20. The predicted molar refractivity (Wildman–Crippen MR) is 99.6 cm³/mol. The summed E-state index contributed by atoms with van der Waals surface area (Å²) >= 11 is 0. The van der Waals surface area contributed by atoms with Crippen LogP contribution >= 0.6 is 0 Å². The van der Waals surface area contributed by atoms with Crippen LogP contribution in [0.25, 0.3) is 0 Å². The molecule has 1 heterocycles. The number of hydrogen-bond donors (Lipinski definition) is 1. The van der Waals surface area contributed by atoms with Crippen LogP contribution in [0.3, 0.4) is 0 Å². The maximum Gasteiger partial charge on any atom is 0.244 e. The molecule has 1 aromatic heterocycles. The SMILES string of the molecule is CCN(C)C(=O)C(C)NC(=O)Cc1cccc(OCc2cccnc2)c1. The minimum atomic E-state index is -0.544. The Labute approximate surface area is 154 Å². The van der Waals surface area contributed by atoms with Crippen molar-refractivity contribution in [2.45, 2.75) is 32.9 Å². The molecule has 0 bridgehead atoms. The van der Waals surface area contributed by atoms with Gasteiger partial charge in [0.15, 0.2) is 0 Å². The van der Waals surface area contributed by atoms with Gasteiger partial charge in [0, 0.05) is 31.5 Å². The largest absolute Gasteiger partial charge is 0.489 e. The highest BCUT2D eigenvalue weighted by Gasteiger charge is 2.18. The third-order valence-electron chi connectivity index (χ3n) is 3.99. The second-order valence-corrected chi connectivity index (χ2v) is 6.12. The summed E-state index contributed by atoms with van der Waals surface area (Å²) in [5, 5.41) is 2.74. The smallest absolute Gasteiger partial charge is 0.244 e. The van der Waals surface area contributed by atoms with Crippen molar-refractivity contribution < 1.29 is 14.3 Å². The molecule has 0 aliphatic carbocycles. The number of benzene rings is 1. The predicted octanol–water partition coefficient (Wildman–Crippen LogP) is 2.19. The zero-order valence-electron chi connectivity index (χ0n) is 15.4. The van der Waals surface area contributed by atoms with E-state index in [0.717, 1.165) is 11.1 Å². The van der Waals surface area contributed by atoms with Crippen LogP contribution in [0.5, 0.6) is 5.75 Å². The molecule has 2 aromatic rings. The first-order valence-electron chi connectivity index (χ1n) is 8.64. The van der Waals surface area contributed by atoms with Crippen LogP contribution in [0.2, 0.25) is 0 Å². The fourth-order valence-electron chi connectivity index (χ4n) is 2.42. The Morgan fingerprint density at radius 1 is 1.23 bits per heavy atom. The summed E-state index contributed by atoms with van der Waals surface area (Å²) in [6.07, 6.45) is 3.66. The van der Waals surface area contributed by atoms with Gasteiger partial charge in [-0.1, -0.05) is 18.2 Å². The summed E-state index contributed by atoms with van der Waals surface area (Å²) in [6, 6.07) is 10.6. The van der Waals surface area contributed by atoms with Crippen LogP contribution in [0.1, 0.15) is 25.0 Å². The van der Waals surface area contributed by atoms with Crippen LogP contribution in [0, 0.1) is 0 Å². The summed E-state index contributed by atoms with van der Waals surface area (Å²) in [5.74, 6) is 0.392. The highest BCUT2D eigenvalue weighted by molar-refractivity contribution is 5.88. The van der Waals surface area contributed by atoms with E-state index in [1.54, 1.807) is 31.3 Å². The standard InChI is InChI=1S/C20H25N3O3/c1-4-23(3)20(25)15(2)22-19(24)12-16-7-5-9-18(11-16)26-14-17-8-6-10-21-13-17/h5-11,13,15H,4,12,14H2,1-3H3,(H,22,24). The van der Waals surface area contributed by atoms with E-state index >= 15 is 0 Å². The number of hydrogen-bond acceptors (Lipinski definition) is 4. The van der Waals surface area contributed by atoms with E-state index in [1.807, 2.05) is 43.3 Å². The molecule has 138 valence electrons. The minimum Gasteiger partial charge on any atom is -0.489 e. The summed E-state index contributed by atoms with van der Waals surface area (Å²) in [7, 11) is 1.72. The summed E-state index contributed by atoms with van der Waals surface area (Å²) in [5.41, 5.74) is 1.80. The molecule has 0 aliphatic heterocycles. The van der Waals surface area contributed by atoms with E-state index in [2.05, 4.69) is 10.3 Å². The minimum absolute atomic E-state index is 0.102. The number of nitrogens with one attached hydrogen (secondary N) is 1. The van der Waals surface area contributed by atoms with Crippen molar-refractivity contribution in [3.05, 3.63) is 59.9 Å². The van der Waals surface area contributed by atoms with Crippen molar-refractivity contribution in [3.63, 3.8) is 0 Å². The summed E-state index contributed by atoms with van der Waals surface area (Å²) < 4.78 is 5.75. The number of ether oxygens (including phenoxy) is 1. The van der Waals surface area contributed by atoms with Crippen LogP contribution < -0.4 is 10.1 Å². The third kappa shape index (κ3) is 5.88. The van der Waals surface area contributed by atoms with Gasteiger partial charge in [-0.25, -0.2) is 0 Å². The van der Waals surface area contributed by atoms with Gasteiger partial charge in [-0.15, -0.1) is 0 Å². The molecule has 2 rings (SSSR count). The number of pyridine rings is 1. The van der Waals surface area contributed by atoms with Gasteiger partial charge in [0.05, 0.1) is 6.42 Å². The van der Waals surface area contributed by atoms with E-state index in [1.165, 1.54) is 0 Å². The number of carbonyl (C=O) groups is 2. The Hall–Kier alpha value is -2.89. The molecule has 0 saturated heterocycles. The molecule has 26 heavy (non-hydrogen) atoms. The van der Waals surface area contributed by atoms with Crippen molar-refractivity contribution in [1.82, 2.24) is 15.2 Å². The number of nitrogens with zero attached hydrogens (tertiary/aromatic N) is 2. The molecule has 1 N–H and O–H groups in total. The molecule has 6 heteroatoms. The lowest BCUT2D eigenvalue weighted by Crippen LogP contribution is -2.45. The lowest BCUT2D eigenvalue weighted by molar-refractivity contribution is -0.134. The molecule has 6 nitrogen and oxygen atoms in total. The molecular formula is C20H25N3O3. The van der Waals surface area contributed by atoms with Crippen molar-refractivity contribution in [1.29, 1.82) is 0 Å². The maximum absolute atomic E-state index is 12.2.